The average Bonchev–Trinajstić information content (AvgIpc) is 1.93. The maximum Gasteiger partial charge on any atom is 0.512 e. The molecule has 0 saturated carbocycles. The lowest BCUT2D eigenvalue weighted by atomic mass is 10.1. The molecule has 5 nitrogen and oxygen atoms in total. The Bertz CT molecular complexity index is 494. The van der Waals surface area contributed by atoms with Gasteiger partial charge in [0.15, 0.2) is 0 Å². The summed E-state index contributed by atoms with van der Waals surface area (Å²) in [5.41, 5.74) is -14.8. The second-order valence-electron chi connectivity index (χ2n) is 4.27. The molecule has 116 valence electrons. The molecule has 0 aromatic rings. The highest BCUT2D eigenvalue weighted by molar-refractivity contribution is 8.04. The number of halogens is 6. The molecule has 0 aromatic heterocycles. The summed E-state index contributed by atoms with van der Waals surface area (Å²) in [5, 5.41) is 0. The summed E-state index contributed by atoms with van der Waals surface area (Å²) < 4.78 is 116. The first-order chi connectivity index (χ1) is 7.87. The second kappa shape index (κ2) is 4.48. The third-order valence-electron chi connectivity index (χ3n) is 1.57. The van der Waals surface area contributed by atoms with Gasteiger partial charge in [-0.1, -0.05) is 3.71 Å². The third kappa shape index (κ3) is 3.31. The van der Waals surface area contributed by atoms with E-state index in [1.165, 1.54) is 0 Å². The van der Waals surface area contributed by atoms with Gasteiger partial charge in [-0.25, -0.2) is 16.8 Å². The molecule has 0 aliphatic heterocycles. The van der Waals surface area contributed by atoms with Crippen molar-refractivity contribution in [3.8, 4) is 0 Å². The zero-order valence-corrected chi connectivity index (χ0v) is 11.3. The Morgan fingerprint density at radius 3 is 1.00 bits per heavy atom. The van der Waals surface area contributed by atoms with Gasteiger partial charge in [-0.2, -0.15) is 26.3 Å². The van der Waals surface area contributed by atoms with Crippen molar-refractivity contribution < 1.29 is 43.2 Å². The molecule has 0 bridgehead atoms. The largest absolute Gasteiger partial charge is 0.512 e. The number of nitrogens with zero attached hydrogens (tertiary/aromatic N) is 1. The standard InChI is InChI=1S/C6H9F6NO4S2/c1-4(2,3)13(18(14,15)5(7,8)9)19(16,17)6(10,11)12/h1-3H3. The van der Waals surface area contributed by atoms with E-state index in [1.807, 2.05) is 0 Å². The van der Waals surface area contributed by atoms with Crippen molar-refractivity contribution in [1.29, 1.82) is 0 Å². The van der Waals surface area contributed by atoms with Crippen molar-refractivity contribution in [2.45, 2.75) is 37.3 Å². The molecule has 0 amide bonds. The van der Waals surface area contributed by atoms with E-state index in [1.54, 1.807) is 0 Å². The van der Waals surface area contributed by atoms with Crippen molar-refractivity contribution in [3.05, 3.63) is 0 Å². The lowest BCUT2D eigenvalue weighted by molar-refractivity contribution is -0.0559. The number of hydrogen-bond donors (Lipinski definition) is 0. The van der Waals surface area contributed by atoms with Crippen molar-refractivity contribution >= 4 is 20.0 Å². The molecule has 13 heteroatoms. The summed E-state index contributed by atoms with van der Waals surface area (Å²) in [6.07, 6.45) is 0. The van der Waals surface area contributed by atoms with Crippen molar-refractivity contribution in [2.24, 2.45) is 0 Å². The van der Waals surface area contributed by atoms with Gasteiger partial charge in [0.25, 0.3) is 0 Å². The average molecular weight is 337 g/mol. The Labute approximate surface area is 105 Å². The third-order valence-corrected chi connectivity index (χ3v) is 5.89. The number of hydrogen-bond acceptors (Lipinski definition) is 4. The van der Waals surface area contributed by atoms with Crippen LogP contribution in [0, 0.1) is 0 Å². The minimum absolute atomic E-state index is 0.583. The molecule has 0 aliphatic rings. The van der Waals surface area contributed by atoms with Crippen LogP contribution in [0.25, 0.3) is 0 Å². The highest BCUT2D eigenvalue weighted by Crippen LogP contribution is 2.39. The molecule has 19 heavy (non-hydrogen) atoms. The van der Waals surface area contributed by atoms with Crippen molar-refractivity contribution in [2.75, 3.05) is 0 Å². The van der Waals surface area contributed by atoms with E-state index in [-0.39, 0.29) is 0 Å². The van der Waals surface area contributed by atoms with Crippen LogP contribution < -0.4 is 0 Å². The monoisotopic (exact) mass is 337 g/mol. The van der Waals surface area contributed by atoms with Crippen molar-refractivity contribution in [1.82, 2.24) is 3.71 Å². The van der Waals surface area contributed by atoms with Crippen LogP contribution in [0.3, 0.4) is 0 Å². The van der Waals surface area contributed by atoms with Crippen LogP contribution in [0.1, 0.15) is 20.8 Å². The first kappa shape index (κ1) is 18.4. The topological polar surface area (TPSA) is 71.5 Å². The predicted octanol–water partition coefficient (Wildman–Crippen LogP) is 1.79. The Morgan fingerprint density at radius 2 is 0.895 bits per heavy atom. The minimum atomic E-state index is -6.71. The Hall–Kier alpha value is -0.560. The van der Waals surface area contributed by atoms with Crippen LogP contribution in [-0.4, -0.2) is 37.1 Å². The molecule has 0 atom stereocenters. The van der Waals surface area contributed by atoms with E-state index in [0.29, 0.717) is 20.8 Å². The quantitative estimate of drug-likeness (QED) is 0.720. The van der Waals surface area contributed by atoms with E-state index >= 15 is 0 Å². The maximum atomic E-state index is 12.3. The fraction of sp³-hybridized carbons (Fsp3) is 1.00. The number of sulfonamides is 2. The molecular formula is C6H9F6NO4S2. The normalized spacial score (nSPS) is 15.9. The zero-order valence-electron chi connectivity index (χ0n) is 9.66. The maximum absolute atomic E-state index is 12.3. The second-order valence-corrected chi connectivity index (χ2v) is 8.06. The number of alkyl halides is 6. The van der Waals surface area contributed by atoms with Crippen LogP contribution in [-0.2, 0) is 20.0 Å². The molecule has 0 N–H and O–H groups in total. The van der Waals surface area contributed by atoms with E-state index in [4.69, 9.17) is 0 Å². The summed E-state index contributed by atoms with van der Waals surface area (Å²) in [6, 6.07) is 0. The molecule has 0 aliphatic carbocycles. The van der Waals surface area contributed by atoms with E-state index < -0.39 is 40.3 Å². The van der Waals surface area contributed by atoms with Crippen LogP contribution in [0.2, 0.25) is 0 Å². The lowest BCUT2D eigenvalue weighted by Crippen LogP contribution is -2.56. The van der Waals surface area contributed by atoms with Crippen LogP contribution in [0.15, 0.2) is 0 Å². The van der Waals surface area contributed by atoms with Gasteiger partial charge in [0.1, 0.15) is 0 Å². The van der Waals surface area contributed by atoms with Gasteiger partial charge >= 0.3 is 31.1 Å². The van der Waals surface area contributed by atoms with Gasteiger partial charge in [-0.15, -0.1) is 0 Å². The predicted molar refractivity (Wildman–Crippen MR) is 51.5 cm³/mol. The van der Waals surface area contributed by atoms with Gasteiger partial charge in [0.2, 0.25) is 0 Å². The molecule has 0 heterocycles. The molecule has 0 spiro atoms. The highest BCUT2D eigenvalue weighted by atomic mass is 32.3. The van der Waals surface area contributed by atoms with Crippen molar-refractivity contribution in [3.63, 3.8) is 0 Å². The van der Waals surface area contributed by atoms with Gasteiger partial charge < -0.3 is 0 Å². The molecule has 0 rings (SSSR count). The van der Waals surface area contributed by atoms with Crippen LogP contribution >= 0.6 is 0 Å². The summed E-state index contributed by atoms with van der Waals surface area (Å²) >= 11 is 0. The summed E-state index contributed by atoms with van der Waals surface area (Å²) in [7, 11) is -13.4. The zero-order chi connectivity index (χ0) is 16.1. The smallest absolute Gasteiger partial charge is 0.202 e. The first-order valence-electron chi connectivity index (χ1n) is 4.30. The molecule has 0 radical (unpaired) electrons. The van der Waals surface area contributed by atoms with Crippen LogP contribution in [0.4, 0.5) is 26.3 Å². The molecular weight excluding hydrogens is 328 g/mol. The molecule has 0 aromatic carbocycles. The van der Waals surface area contributed by atoms with Crippen LogP contribution in [0.5, 0.6) is 0 Å². The summed E-state index contributed by atoms with van der Waals surface area (Å²) in [6.45, 7) is 1.75. The summed E-state index contributed by atoms with van der Waals surface area (Å²) in [4.78, 5) is 0. The van der Waals surface area contributed by atoms with Gasteiger partial charge in [0, 0.05) is 5.54 Å². The number of rotatable bonds is 2. The fourth-order valence-electron chi connectivity index (χ4n) is 1.04. The summed E-state index contributed by atoms with van der Waals surface area (Å²) in [5.74, 6) is 0. The van der Waals surface area contributed by atoms with E-state index in [0.717, 1.165) is 0 Å². The fourth-order valence-corrected chi connectivity index (χ4v) is 4.40. The van der Waals surface area contributed by atoms with Gasteiger partial charge in [0.05, 0.1) is 0 Å². The molecule has 0 fully saturated rings. The molecule has 0 unspecified atom stereocenters. The Morgan fingerprint density at radius 1 is 0.684 bits per heavy atom. The lowest BCUT2D eigenvalue weighted by Gasteiger charge is -2.33. The van der Waals surface area contributed by atoms with Gasteiger partial charge in [-0.3, -0.25) is 0 Å². The van der Waals surface area contributed by atoms with E-state index in [9.17, 15) is 43.2 Å². The minimum Gasteiger partial charge on any atom is -0.202 e. The molecule has 0 saturated heterocycles. The van der Waals surface area contributed by atoms with E-state index in [2.05, 4.69) is 0 Å². The SMILES string of the molecule is CC(C)(C)N(S(=O)(=O)C(F)(F)F)S(=O)(=O)C(F)(F)F. The highest BCUT2D eigenvalue weighted by Gasteiger charge is 2.64. The Balaban J connectivity index is 6.41. The first-order valence-corrected chi connectivity index (χ1v) is 7.18. The Kier molecular flexibility index (Phi) is 4.35. The van der Waals surface area contributed by atoms with Gasteiger partial charge in [-0.05, 0) is 20.8 Å².